The van der Waals surface area contributed by atoms with Crippen molar-refractivity contribution in [3.8, 4) is 0 Å². The molecule has 1 fully saturated rings. The van der Waals surface area contributed by atoms with Gasteiger partial charge < -0.3 is 9.80 Å². The number of hydrogen-bond donors (Lipinski definition) is 0. The van der Waals surface area contributed by atoms with Gasteiger partial charge in [0.15, 0.2) is 0 Å². The molecule has 0 aromatic carbocycles. The monoisotopic (exact) mass is 460 g/mol. The lowest BCUT2D eigenvalue weighted by Crippen LogP contribution is -2.38. The molecular formula is C23H23F3N4OS. The number of aromatic nitrogens is 2. The number of hydrogen-bond acceptors (Lipinski definition) is 5. The first-order chi connectivity index (χ1) is 15.4. The Labute approximate surface area is 188 Å². The summed E-state index contributed by atoms with van der Waals surface area (Å²) in [5.41, 5.74) is 1.73. The van der Waals surface area contributed by atoms with Gasteiger partial charge in [0.1, 0.15) is 5.69 Å². The molecular weight excluding hydrogens is 437 g/mol. The number of thiazole rings is 1. The zero-order valence-electron chi connectivity index (χ0n) is 17.4. The van der Waals surface area contributed by atoms with Gasteiger partial charge in [-0.2, -0.15) is 13.2 Å². The van der Waals surface area contributed by atoms with Crippen molar-refractivity contribution < 1.29 is 18.0 Å². The Morgan fingerprint density at radius 2 is 1.84 bits per heavy atom. The molecule has 0 spiro atoms. The smallest absolute Gasteiger partial charge is 0.371 e. The molecule has 0 saturated carbocycles. The first-order valence-corrected chi connectivity index (χ1v) is 11.6. The van der Waals surface area contributed by atoms with Crippen LogP contribution in [-0.4, -0.2) is 51.9 Å². The van der Waals surface area contributed by atoms with Crippen LogP contribution in [0.25, 0.3) is 0 Å². The van der Waals surface area contributed by atoms with E-state index in [1.54, 1.807) is 4.90 Å². The van der Waals surface area contributed by atoms with Crippen molar-refractivity contribution in [3.05, 3.63) is 69.1 Å². The lowest BCUT2D eigenvalue weighted by molar-refractivity contribution is -0.141. The van der Waals surface area contributed by atoms with Crippen LogP contribution in [0.2, 0.25) is 0 Å². The van der Waals surface area contributed by atoms with Gasteiger partial charge in [-0.05, 0) is 37.1 Å². The quantitative estimate of drug-likeness (QED) is 0.680. The van der Waals surface area contributed by atoms with E-state index in [9.17, 15) is 18.0 Å². The van der Waals surface area contributed by atoms with Gasteiger partial charge in [-0.25, -0.2) is 4.98 Å². The number of carbonyl (C=O) groups excluding carboxylic acids is 1. The molecule has 1 saturated heterocycles. The minimum Gasteiger partial charge on any atom is -0.371 e. The van der Waals surface area contributed by atoms with Crippen LogP contribution in [0.3, 0.4) is 0 Å². The fourth-order valence-electron chi connectivity index (χ4n) is 4.41. The number of likely N-dealkylation sites (tertiary alicyclic amines) is 1. The van der Waals surface area contributed by atoms with Gasteiger partial charge in [-0.3, -0.25) is 9.78 Å². The number of fused-ring (bicyclic) bond motifs is 1. The fourth-order valence-corrected chi connectivity index (χ4v) is 5.68. The summed E-state index contributed by atoms with van der Waals surface area (Å²) in [7, 11) is 0. The topological polar surface area (TPSA) is 49.3 Å². The molecule has 9 heteroatoms. The first-order valence-electron chi connectivity index (χ1n) is 10.8. The van der Waals surface area contributed by atoms with E-state index in [1.165, 1.54) is 22.3 Å². The molecule has 2 aliphatic heterocycles. The van der Waals surface area contributed by atoms with E-state index in [0.717, 1.165) is 56.0 Å². The maximum Gasteiger partial charge on any atom is 0.433 e. The van der Waals surface area contributed by atoms with E-state index in [-0.39, 0.29) is 11.5 Å². The number of halogens is 3. The lowest BCUT2D eigenvalue weighted by Gasteiger charge is -2.31. The predicted octanol–water partition coefficient (Wildman–Crippen LogP) is 4.43. The van der Waals surface area contributed by atoms with E-state index in [0.29, 0.717) is 19.0 Å². The highest BCUT2D eigenvalue weighted by molar-refractivity contribution is 7.11. The zero-order chi connectivity index (χ0) is 22.3. The highest BCUT2D eigenvalue weighted by Crippen LogP contribution is 2.35. The third-order valence-electron chi connectivity index (χ3n) is 6.35. The van der Waals surface area contributed by atoms with Crippen LogP contribution >= 0.6 is 11.3 Å². The molecule has 168 valence electrons. The largest absolute Gasteiger partial charge is 0.433 e. The van der Waals surface area contributed by atoms with Crippen LogP contribution in [0.1, 0.15) is 50.4 Å². The summed E-state index contributed by atoms with van der Waals surface area (Å²) < 4.78 is 38.1. The standard InChI is InChI=1S/C23H23F3N4OS/c24-23(25,26)20-5-4-16(14-27-20)22(31)30-10-6-15(7-11-30)21-28-18-8-12-29(17-2-1-3-17)13-9-19(18)32-21/h1-5,14-15H,6-13H2. The molecule has 5 rings (SSSR count). The molecule has 0 atom stereocenters. The molecule has 5 nitrogen and oxygen atoms in total. The van der Waals surface area contributed by atoms with E-state index in [1.807, 2.05) is 11.3 Å². The number of nitrogens with zero attached hydrogens (tertiary/aromatic N) is 4. The second-order valence-electron chi connectivity index (χ2n) is 8.36. The van der Waals surface area contributed by atoms with Gasteiger partial charge in [0, 0.05) is 61.7 Å². The Bertz CT molecular complexity index is 1040. The summed E-state index contributed by atoms with van der Waals surface area (Å²) in [5, 5.41) is 1.16. The average Bonchev–Trinajstić information content (AvgIpc) is 3.07. The number of rotatable bonds is 3. The van der Waals surface area contributed by atoms with Crippen LogP contribution in [0.4, 0.5) is 13.2 Å². The molecule has 1 amide bonds. The van der Waals surface area contributed by atoms with Crippen molar-refractivity contribution in [2.45, 2.75) is 37.8 Å². The summed E-state index contributed by atoms with van der Waals surface area (Å²) in [6.07, 6.45) is 6.47. The normalized spacial score (nSPS) is 19.3. The average molecular weight is 461 g/mol. The molecule has 0 bridgehead atoms. The Hall–Kier alpha value is -2.68. The second-order valence-corrected chi connectivity index (χ2v) is 9.47. The van der Waals surface area contributed by atoms with Crippen molar-refractivity contribution in [1.82, 2.24) is 19.8 Å². The second kappa shape index (κ2) is 8.35. The molecule has 0 radical (unpaired) electrons. The zero-order valence-corrected chi connectivity index (χ0v) is 18.3. The molecule has 4 heterocycles. The van der Waals surface area contributed by atoms with Gasteiger partial charge in [0.25, 0.3) is 5.91 Å². The van der Waals surface area contributed by atoms with Gasteiger partial charge in [0.2, 0.25) is 0 Å². The predicted molar refractivity (Wildman–Crippen MR) is 115 cm³/mol. The Morgan fingerprint density at radius 1 is 1.09 bits per heavy atom. The van der Waals surface area contributed by atoms with Crippen molar-refractivity contribution in [1.29, 1.82) is 0 Å². The maximum atomic E-state index is 12.7. The maximum absolute atomic E-state index is 12.7. The summed E-state index contributed by atoms with van der Waals surface area (Å²) in [6.45, 7) is 3.14. The number of alkyl halides is 3. The summed E-state index contributed by atoms with van der Waals surface area (Å²) in [6, 6.07) is 2.07. The minimum atomic E-state index is -4.50. The van der Waals surface area contributed by atoms with Crippen LogP contribution in [0, 0.1) is 0 Å². The van der Waals surface area contributed by atoms with E-state index < -0.39 is 11.9 Å². The number of amides is 1. The van der Waals surface area contributed by atoms with Gasteiger partial charge in [0.05, 0.1) is 16.3 Å². The van der Waals surface area contributed by atoms with E-state index in [4.69, 9.17) is 4.98 Å². The highest BCUT2D eigenvalue weighted by atomic mass is 32.1. The van der Waals surface area contributed by atoms with Crippen molar-refractivity contribution in [2.75, 3.05) is 26.2 Å². The van der Waals surface area contributed by atoms with Crippen molar-refractivity contribution in [3.63, 3.8) is 0 Å². The van der Waals surface area contributed by atoms with Crippen LogP contribution < -0.4 is 0 Å². The number of allylic oxidation sites excluding steroid dienone is 3. The van der Waals surface area contributed by atoms with Crippen LogP contribution in [-0.2, 0) is 19.0 Å². The molecule has 32 heavy (non-hydrogen) atoms. The van der Waals surface area contributed by atoms with E-state index in [2.05, 4.69) is 28.1 Å². The molecule has 1 aliphatic carbocycles. The molecule has 2 aromatic heterocycles. The van der Waals surface area contributed by atoms with Crippen molar-refractivity contribution in [2.24, 2.45) is 0 Å². The Morgan fingerprint density at radius 3 is 2.47 bits per heavy atom. The van der Waals surface area contributed by atoms with Gasteiger partial charge in [-0.1, -0.05) is 6.08 Å². The number of pyridine rings is 1. The first kappa shape index (κ1) is 21.2. The third-order valence-corrected chi connectivity index (χ3v) is 7.67. The van der Waals surface area contributed by atoms with Gasteiger partial charge in [-0.15, -0.1) is 11.3 Å². The molecule has 0 N–H and O–H groups in total. The molecule has 2 aromatic rings. The summed E-state index contributed by atoms with van der Waals surface area (Å²) >= 11 is 1.81. The Balaban J connectivity index is 1.18. The summed E-state index contributed by atoms with van der Waals surface area (Å²) in [5.74, 6) is 0.0640. The summed E-state index contributed by atoms with van der Waals surface area (Å²) in [4.78, 5) is 26.6. The van der Waals surface area contributed by atoms with Crippen molar-refractivity contribution >= 4 is 17.2 Å². The minimum absolute atomic E-state index is 0.193. The SMILES string of the molecule is O=C(c1ccc(C(F)(F)F)nc1)N1CCC(c2nc3c(s2)CCN(C2=CC=C2)CC3)CC1. The highest BCUT2D eigenvalue weighted by Gasteiger charge is 2.33. The van der Waals surface area contributed by atoms with Crippen LogP contribution in [0.15, 0.2) is 42.3 Å². The molecule has 3 aliphatic rings. The van der Waals surface area contributed by atoms with Crippen LogP contribution in [0.5, 0.6) is 0 Å². The lowest BCUT2D eigenvalue weighted by atomic mass is 9.97. The van der Waals surface area contributed by atoms with Gasteiger partial charge >= 0.3 is 6.18 Å². The third kappa shape index (κ3) is 4.18. The molecule has 0 unspecified atom stereocenters. The van der Waals surface area contributed by atoms with E-state index >= 15 is 0 Å². The Kier molecular flexibility index (Phi) is 5.53. The fraction of sp³-hybridized carbons (Fsp3) is 0.435. The number of piperidine rings is 1. The number of carbonyl (C=O) groups is 1.